The fourth-order valence-corrected chi connectivity index (χ4v) is 3.84. The largest absolute Gasteiger partial charge is 0.495 e. The van der Waals surface area contributed by atoms with E-state index in [9.17, 15) is 9.59 Å². The van der Waals surface area contributed by atoms with E-state index in [1.807, 2.05) is 0 Å². The number of thiazole rings is 1. The Balaban J connectivity index is 1.80. The minimum atomic E-state index is -0.276. The van der Waals surface area contributed by atoms with Gasteiger partial charge in [-0.3, -0.25) is 14.5 Å². The minimum Gasteiger partial charge on any atom is -0.495 e. The lowest BCUT2D eigenvalue weighted by Crippen LogP contribution is -2.30. The first-order valence-electron chi connectivity index (χ1n) is 7.83. The Labute approximate surface area is 154 Å². The monoisotopic (exact) mass is 379 g/mol. The van der Waals surface area contributed by atoms with Gasteiger partial charge in [0.2, 0.25) is 5.91 Å². The van der Waals surface area contributed by atoms with E-state index in [2.05, 4.69) is 10.3 Å². The zero-order valence-corrected chi connectivity index (χ0v) is 15.7. The average Bonchev–Trinajstić information content (AvgIpc) is 3.29. The number of carbonyl (C=O) groups excluding carboxylic acids is 2. The molecule has 2 aromatic rings. The Morgan fingerprint density at radius 1 is 1.40 bits per heavy atom. The van der Waals surface area contributed by atoms with E-state index in [0.717, 1.165) is 12.8 Å². The number of benzene rings is 1. The van der Waals surface area contributed by atoms with Crippen molar-refractivity contribution >= 4 is 45.6 Å². The molecule has 6 nitrogen and oxygen atoms in total. The number of anilines is 2. The lowest BCUT2D eigenvalue weighted by atomic mass is 10.3. The SMILES string of the molecule is COc1ccc(NC(=O)c2sc(N(C(C)=O)C3CC3)nc2C)cc1Cl. The van der Waals surface area contributed by atoms with Gasteiger partial charge in [0.1, 0.15) is 10.6 Å². The van der Waals surface area contributed by atoms with Gasteiger partial charge in [-0.1, -0.05) is 22.9 Å². The van der Waals surface area contributed by atoms with E-state index in [1.165, 1.54) is 25.4 Å². The van der Waals surface area contributed by atoms with Crippen LogP contribution >= 0.6 is 22.9 Å². The summed E-state index contributed by atoms with van der Waals surface area (Å²) in [5, 5.41) is 3.80. The van der Waals surface area contributed by atoms with Gasteiger partial charge in [-0.25, -0.2) is 4.98 Å². The maximum absolute atomic E-state index is 12.6. The molecule has 3 rings (SSSR count). The van der Waals surface area contributed by atoms with Gasteiger partial charge in [-0.05, 0) is 38.0 Å². The molecule has 0 bridgehead atoms. The Bertz CT molecular complexity index is 833. The molecule has 1 saturated carbocycles. The molecule has 1 aromatic carbocycles. The van der Waals surface area contributed by atoms with Crippen molar-refractivity contribution in [3.63, 3.8) is 0 Å². The Morgan fingerprint density at radius 2 is 2.12 bits per heavy atom. The first-order chi connectivity index (χ1) is 11.9. The van der Waals surface area contributed by atoms with E-state index >= 15 is 0 Å². The highest BCUT2D eigenvalue weighted by atomic mass is 35.5. The van der Waals surface area contributed by atoms with Crippen LogP contribution in [0.1, 0.15) is 35.1 Å². The number of halogens is 1. The summed E-state index contributed by atoms with van der Waals surface area (Å²) in [6.07, 6.45) is 1.95. The second-order valence-electron chi connectivity index (χ2n) is 5.83. The predicted molar refractivity (Wildman–Crippen MR) is 99.0 cm³/mol. The van der Waals surface area contributed by atoms with Crippen LogP contribution in [-0.4, -0.2) is 29.9 Å². The second-order valence-corrected chi connectivity index (χ2v) is 7.22. The highest BCUT2D eigenvalue weighted by Gasteiger charge is 2.34. The number of aromatic nitrogens is 1. The summed E-state index contributed by atoms with van der Waals surface area (Å²) in [7, 11) is 1.53. The van der Waals surface area contributed by atoms with E-state index < -0.39 is 0 Å². The number of hydrogen-bond donors (Lipinski definition) is 1. The third kappa shape index (κ3) is 3.77. The Kier molecular flexibility index (Phi) is 4.96. The first kappa shape index (κ1) is 17.7. The smallest absolute Gasteiger partial charge is 0.267 e. The highest BCUT2D eigenvalue weighted by Crippen LogP contribution is 2.36. The molecule has 1 heterocycles. The normalized spacial score (nSPS) is 13.4. The van der Waals surface area contributed by atoms with Crippen LogP contribution in [0.15, 0.2) is 18.2 Å². The summed E-state index contributed by atoms with van der Waals surface area (Å²) in [6.45, 7) is 3.29. The maximum atomic E-state index is 12.6. The number of nitrogens with one attached hydrogen (secondary N) is 1. The molecule has 1 N–H and O–H groups in total. The number of ether oxygens (including phenoxy) is 1. The van der Waals surface area contributed by atoms with Crippen molar-refractivity contribution in [1.29, 1.82) is 0 Å². The third-order valence-corrected chi connectivity index (χ3v) is 5.31. The number of carbonyl (C=O) groups is 2. The summed E-state index contributed by atoms with van der Waals surface area (Å²) in [5.41, 5.74) is 1.17. The number of nitrogens with zero attached hydrogens (tertiary/aromatic N) is 2. The van der Waals surface area contributed by atoms with Crippen molar-refractivity contribution in [2.75, 3.05) is 17.3 Å². The molecule has 1 aromatic heterocycles. The molecule has 0 unspecified atom stereocenters. The molecule has 0 atom stereocenters. The lowest BCUT2D eigenvalue weighted by molar-refractivity contribution is -0.116. The molecule has 132 valence electrons. The molecular formula is C17H18ClN3O3S. The highest BCUT2D eigenvalue weighted by molar-refractivity contribution is 7.18. The molecule has 0 aliphatic heterocycles. The van der Waals surface area contributed by atoms with Crippen LogP contribution in [0.3, 0.4) is 0 Å². The minimum absolute atomic E-state index is 0.0508. The quantitative estimate of drug-likeness (QED) is 0.855. The molecule has 0 radical (unpaired) electrons. The van der Waals surface area contributed by atoms with Crippen molar-refractivity contribution in [2.45, 2.75) is 32.7 Å². The zero-order valence-electron chi connectivity index (χ0n) is 14.1. The molecule has 1 aliphatic rings. The molecule has 0 spiro atoms. The van der Waals surface area contributed by atoms with Crippen LogP contribution < -0.4 is 15.0 Å². The zero-order chi connectivity index (χ0) is 18.1. The molecule has 1 fully saturated rings. The fourth-order valence-electron chi connectivity index (χ4n) is 2.51. The van der Waals surface area contributed by atoms with E-state index in [1.54, 1.807) is 30.0 Å². The number of rotatable bonds is 5. The predicted octanol–water partition coefficient (Wildman–Crippen LogP) is 3.88. The Morgan fingerprint density at radius 3 is 2.68 bits per heavy atom. The van der Waals surface area contributed by atoms with Gasteiger partial charge < -0.3 is 10.1 Å². The first-order valence-corrected chi connectivity index (χ1v) is 9.02. The maximum Gasteiger partial charge on any atom is 0.267 e. The van der Waals surface area contributed by atoms with Crippen LogP contribution in [-0.2, 0) is 4.79 Å². The Hall–Kier alpha value is -2.12. The van der Waals surface area contributed by atoms with Crippen molar-refractivity contribution in [2.24, 2.45) is 0 Å². The van der Waals surface area contributed by atoms with Gasteiger partial charge in [0.05, 0.1) is 17.8 Å². The number of hydrogen-bond acceptors (Lipinski definition) is 5. The third-order valence-electron chi connectivity index (χ3n) is 3.86. The topological polar surface area (TPSA) is 71.5 Å². The molecule has 8 heteroatoms. The van der Waals surface area contributed by atoms with Crippen molar-refractivity contribution < 1.29 is 14.3 Å². The van der Waals surface area contributed by atoms with E-state index in [0.29, 0.717) is 32.2 Å². The van der Waals surface area contributed by atoms with E-state index in [4.69, 9.17) is 16.3 Å². The number of amides is 2. The van der Waals surface area contributed by atoms with Crippen LogP contribution in [0.5, 0.6) is 5.75 Å². The summed E-state index contributed by atoms with van der Waals surface area (Å²) in [6, 6.07) is 5.24. The van der Waals surface area contributed by atoms with Crippen LogP contribution in [0.4, 0.5) is 10.8 Å². The van der Waals surface area contributed by atoms with Gasteiger partial charge in [0.15, 0.2) is 5.13 Å². The van der Waals surface area contributed by atoms with Crippen LogP contribution in [0.25, 0.3) is 0 Å². The molecule has 2 amide bonds. The molecule has 0 saturated heterocycles. The molecule has 25 heavy (non-hydrogen) atoms. The van der Waals surface area contributed by atoms with Gasteiger partial charge in [-0.15, -0.1) is 0 Å². The lowest BCUT2D eigenvalue weighted by Gasteiger charge is -2.16. The van der Waals surface area contributed by atoms with Crippen LogP contribution in [0, 0.1) is 6.92 Å². The van der Waals surface area contributed by atoms with Crippen molar-refractivity contribution in [3.05, 3.63) is 33.8 Å². The average molecular weight is 380 g/mol. The number of aryl methyl sites for hydroxylation is 1. The molecule has 1 aliphatic carbocycles. The van der Waals surface area contributed by atoms with Crippen LogP contribution in [0.2, 0.25) is 5.02 Å². The second kappa shape index (κ2) is 7.01. The summed E-state index contributed by atoms with van der Waals surface area (Å²) >= 11 is 7.31. The summed E-state index contributed by atoms with van der Waals surface area (Å²) < 4.78 is 5.10. The summed E-state index contributed by atoms with van der Waals surface area (Å²) in [5.74, 6) is 0.212. The van der Waals surface area contributed by atoms with Gasteiger partial charge in [0.25, 0.3) is 5.91 Å². The number of methoxy groups -OCH3 is 1. The standard InChI is InChI=1S/C17H18ClN3O3S/c1-9-15(25-17(19-9)21(10(2)22)12-5-6-12)16(23)20-11-4-7-14(24-3)13(18)8-11/h4,7-8,12H,5-6H2,1-3H3,(H,20,23). The van der Waals surface area contributed by atoms with E-state index in [-0.39, 0.29) is 17.9 Å². The fraction of sp³-hybridized carbons (Fsp3) is 0.353. The van der Waals surface area contributed by atoms with Crippen molar-refractivity contribution in [3.8, 4) is 5.75 Å². The van der Waals surface area contributed by atoms with Gasteiger partial charge in [0, 0.05) is 18.7 Å². The summed E-state index contributed by atoms with van der Waals surface area (Å²) in [4.78, 5) is 31.0. The van der Waals surface area contributed by atoms with Gasteiger partial charge in [-0.2, -0.15) is 0 Å². The van der Waals surface area contributed by atoms with Crippen molar-refractivity contribution in [1.82, 2.24) is 4.98 Å². The molecular weight excluding hydrogens is 362 g/mol. The van der Waals surface area contributed by atoms with Gasteiger partial charge >= 0.3 is 0 Å².